The molecule has 1 saturated carbocycles. The Morgan fingerprint density at radius 1 is 1.22 bits per heavy atom. The lowest BCUT2D eigenvalue weighted by Crippen LogP contribution is -2.45. The Morgan fingerprint density at radius 2 is 1.89 bits per heavy atom. The molecule has 4 heteroatoms. The minimum absolute atomic E-state index is 0.460. The van der Waals surface area contributed by atoms with E-state index in [1.165, 1.54) is 25.7 Å². The van der Waals surface area contributed by atoms with Gasteiger partial charge >= 0.3 is 0 Å². The lowest BCUT2D eigenvalue weighted by molar-refractivity contribution is 0.0499. The van der Waals surface area contributed by atoms with Crippen LogP contribution in [0.1, 0.15) is 32.6 Å². The quantitative estimate of drug-likeness (QED) is 0.609. The molecule has 1 rings (SSSR count). The minimum Gasteiger partial charge on any atom is -0.383 e. The van der Waals surface area contributed by atoms with Crippen LogP contribution in [-0.2, 0) is 9.47 Å². The number of methoxy groups -OCH3 is 2. The van der Waals surface area contributed by atoms with Gasteiger partial charge < -0.3 is 9.47 Å². The highest BCUT2D eigenvalue weighted by Crippen LogP contribution is 2.40. The first-order valence-electron chi connectivity index (χ1n) is 6.95. The van der Waals surface area contributed by atoms with E-state index in [4.69, 9.17) is 9.47 Å². The van der Waals surface area contributed by atoms with E-state index in [1.807, 2.05) is 0 Å². The minimum atomic E-state index is 0.460. The standard InChI is InChI=1S/C14H28BrNO2/c1-13(10-18-3)16(8-9-17-2)12-14(11-15)6-4-5-7-14/h13H,4-12H2,1-3H3. The van der Waals surface area contributed by atoms with Crippen LogP contribution in [0.5, 0.6) is 0 Å². The van der Waals surface area contributed by atoms with Crippen molar-refractivity contribution in [2.45, 2.75) is 38.6 Å². The molecule has 0 bridgehead atoms. The normalized spacial score (nSPS) is 20.5. The van der Waals surface area contributed by atoms with E-state index in [2.05, 4.69) is 27.8 Å². The van der Waals surface area contributed by atoms with E-state index in [1.54, 1.807) is 14.2 Å². The van der Waals surface area contributed by atoms with E-state index < -0.39 is 0 Å². The van der Waals surface area contributed by atoms with Crippen LogP contribution in [-0.4, -0.2) is 56.8 Å². The summed E-state index contributed by atoms with van der Waals surface area (Å²) in [6.45, 7) is 5.99. The van der Waals surface area contributed by atoms with Crippen LogP contribution < -0.4 is 0 Å². The van der Waals surface area contributed by atoms with Crippen molar-refractivity contribution < 1.29 is 9.47 Å². The van der Waals surface area contributed by atoms with Gasteiger partial charge in [0.05, 0.1) is 13.2 Å². The fourth-order valence-electron chi connectivity index (χ4n) is 2.90. The Labute approximate surface area is 120 Å². The van der Waals surface area contributed by atoms with E-state index >= 15 is 0 Å². The maximum absolute atomic E-state index is 5.30. The number of halogens is 1. The number of nitrogens with zero attached hydrogens (tertiary/aromatic N) is 1. The van der Waals surface area contributed by atoms with Crippen molar-refractivity contribution >= 4 is 15.9 Å². The van der Waals surface area contributed by atoms with Gasteiger partial charge in [-0.1, -0.05) is 28.8 Å². The van der Waals surface area contributed by atoms with Crippen LogP contribution in [0.2, 0.25) is 0 Å². The van der Waals surface area contributed by atoms with Crippen LogP contribution in [0.4, 0.5) is 0 Å². The van der Waals surface area contributed by atoms with Gasteiger partial charge in [-0.25, -0.2) is 0 Å². The Morgan fingerprint density at radius 3 is 2.39 bits per heavy atom. The zero-order chi connectivity index (χ0) is 13.4. The first-order chi connectivity index (χ1) is 8.67. The molecule has 108 valence electrons. The summed E-state index contributed by atoms with van der Waals surface area (Å²) in [7, 11) is 3.55. The molecule has 3 nitrogen and oxygen atoms in total. The van der Waals surface area contributed by atoms with Gasteiger partial charge in [-0.3, -0.25) is 4.90 Å². The summed E-state index contributed by atoms with van der Waals surface area (Å²) in [4.78, 5) is 2.53. The Bertz CT molecular complexity index is 220. The van der Waals surface area contributed by atoms with Crippen molar-refractivity contribution in [1.82, 2.24) is 4.90 Å². The van der Waals surface area contributed by atoms with Gasteiger partial charge in [0.15, 0.2) is 0 Å². The number of ether oxygens (including phenoxy) is 2. The van der Waals surface area contributed by atoms with Gasteiger partial charge in [0.1, 0.15) is 0 Å². The Kier molecular flexibility index (Phi) is 7.76. The summed E-state index contributed by atoms with van der Waals surface area (Å²) in [6.07, 6.45) is 5.45. The average molecular weight is 322 g/mol. The topological polar surface area (TPSA) is 21.7 Å². The van der Waals surface area contributed by atoms with E-state index in [9.17, 15) is 0 Å². The third-order valence-corrected chi connectivity index (χ3v) is 5.29. The van der Waals surface area contributed by atoms with Crippen molar-refractivity contribution in [3.63, 3.8) is 0 Å². The lowest BCUT2D eigenvalue weighted by Gasteiger charge is -2.37. The molecule has 0 aliphatic heterocycles. The van der Waals surface area contributed by atoms with Crippen molar-refractivity contribution in [3.05, 3.63) is 0 Å². The first-order valence-corrected chi connectivity index (χ1v) is 8.07. The summed E-state index contributed by atoms with van der Waals surface area (Å²) < 4.78 is 10.5. The summed E-state index contributed by atoms with van der Waals surface area (Å²) in [5.41, 5.74) is 0.468. The highest BCUT2D eigenvalue weighted by molar-refractivity contribution is 9.09. The van der Waals surface area contributed by atoms with Gasteiger partial charge in [0.2, 0.25) is 0 Å². The average Bonchev–Trinajstić information content (AvgIpc) is 2.84. The van der Waals surface area contributed by atoms with Crippen molar-refractivity contribution in [2.75, 3.05) is 45.9 Å². The molecule has 1 unspecified atom stereocenters. The number of hydrogen-bond acceptors (Lipinski definition) is 3. The highest BCUT2D eigenvalue weighted by Gasteiger charge is 2.35. The predicted octanol–water partition coefficient (Wildman–Crippen LogP) is 2.93. The molecule has 0 amide bonds. The lowest BCUT2D eigenvalue weighted by atomic mass is 9.87. The molecule has 0 spiro atoms. The zero-order valence-corrected chi connectivity index (χ0v) is 13.7. The highest BCUT2D eigenvalue weighted by atomic mass is 79.9. The van der Waals surface area contributed by atoms with E-state index in [0.29, 0.717) is 11.5 Å². The fourth-order valence-corrected chi connectivity index (χ4v) is 3.64. The molecule has 18 heavy (non-hydrogen) atoms. The maximum atomic E-state index is 5.30. The molecular weight excluding hydrogens is 294 g/mol. The largest absolute Gasteiger partial charge is 0.383 e. The van der Waals surface area contributed by atoms with Crippen LogP contribution in [0.15, 0.2) is 0 Å². The summed E-state index contributed by atoms with van der Waals surface area (Å²) >= 11 is 3.73. The third-order valence-electron chi connectivity index (χ3n) is 4.10. The second-order valence-electron chi connectivity index (χ2n) is 5.61. The van der Waals surface area contributed by atoms with Gasteiger partial charge in [-0.15, -0.1) is 0 Å². The number of rotatable bonds is 9. The third kappa shape index (κ3) is 4.80. The van der Waals surface area contributed by atoms with Crippen LogP contribution in [0.25, 0.3) is 0 Å². The smallest absolute Gasteiger partial charge is 0.0615 e. The second kappa shape index (κ2) is 8.51. The molecule has 0 saturated heterocycles. The van der Waals surface area contributed by atoms with E-state index in [-0.39, 0.29) is 0 Å². The van der Waals surface area contributed by atoms with Gasteiger partial charge in [-0.2, -0.15) is 0 Å². The summed E-state index contributed by atoms with van der Waals surface area (Å²) in [5.74, 6) is 0. The zero-order valence-electron chi connectivity index (χ0n) is 12.1. The first kappa shape index (κ1) is 16.4. The van der Waals surface area contributed by atoms with Gasteiger partial charge in [0.25, 0.3) is 0 Å². The monoisotopic (exact) mass is 321 g/mol. The van der Waals surface area contributed by atoms with Crippen molar-refractivity contribution in [3.8, 4) is 0 Å². The van der Waals surface area contributed by atoms with Gasteiger partial charge in [0, 0.05) is 38.7 Å². The van der Waals surface area contributed by atoms with E-state index in [0.717, 1.165) is 31.6 Å². The fraction of sp³-hybridized carbons (Fsp3) is 1.00. The van der Waals surface area contributed by atoms with Gasteiger partial charge in [-0.05, 0) is 25.2 Å². The summed E-state index contributed by atoms with van der Waals surface area (Å²) in [5, 5.41) is 1.11. The van der Waals surface area contributed by atoms with Crippen LogP contribution in [0.3, 0.4) is 0 Å². The molecule has 0 aromatic rings. The second-order valence-corrected chi connectivity index (χ2v) is 6.17. The van der Waals surface area contributed by atoms with Crippen molar-refractivity contribution in [2.24, 2.45) is 5.41 Å². The molecule has 1 aliphatic carbocycles. The predicted molar refractivity (Wildman–Crippen MR) is 79.5 cm³/mol. The molecule has 1 atom stereocenters. The van der Waals surface area contributed by atoms with Crippen LogP contribution in [0, 0.1) is 5.41 Å². The Hall–Kier alpha value is 0.360. The molecule has 0 aromatic heterocycles. The molecule has 0 heterocycles. The molecule has 0 aromatic carbocycles. The summed E-state index contributed by atoms with van der Waals surface area (Å²) in [6, 6.07) is 0.460. The molecule has 0 N–H and O–H groups in total. The molecule has 1 aliphatic rings. The molecule has 0 radical (unpaired) electrons. The SMILES string of the molecule is COCCN(CC1(CBr)CCCC1)C(C)COC. The molecule has 1 fully saturated rings. The maximum Gasteiger partial charge on any atom is 0.0615 e. The molecular formula is C14H28BrNO2. The number of alkyl halides is 1. The number of hydrogen-bond donors (Lipinski definition) is 0. The van der Waals surface area contributed by atoms with Crippen LogP contribution >= 0.6 is 15.9 Å². The van der Waals surface area contributed by atoms with Crippen molar-refractivity contribution in [1.29, 1.82) is 0 Å². The Balaban J connectivity index is 2.57.